The molecule has 29 heavy (non-hydrogen) atoms. The fraction of sp³-hybridized carbons (Fsp3) is 0.364. The molecule has 0 aliphatic rings. The van der Waals surface area contributed by atoms with Gasteiger partial charge in [-0.25, -0.2) is 4.39 Å². The Morgan fingerprint density at radius 3 is 2.45 bits per heavy atom. The summed E-state index contributed by atoms with van der Waals surface area (Å²) in [5.41, 5.74) is 1.90. The zero-order valence-corrected chi connectivity index (χ0v) is 17.5. The Labute approximate surface area is 174 Å². The smallest absolute Gasteiger partial charge is 0.191 e. The highest BCUT2D eigenvalue weighted by Crippen LogP contribution is 2.26. The van der Waals surface area contributed by atoms with E-state index in [-0.39, 0.29) is 5.82 Å². The lowest BCUT2D eigenvalue weighted by Gasteiger charge is -2.13. The third kappa shape index (κ3) is 6.39. The fourth-order valence-corrected chi connectivity index (χ4v) is 3.62. The molecule has 1 unspecified atom stereocenters. The van der Waals surface area contributed by atoms with Crippen LogP contribution >= 0.6 is 11.8 Å². The number of aliphatic hydroxyl groups is 1. The van der Waals surface area contributed by atoms with Crippen molar-refractivity contribution in [3.63, 3.8) is 0 Å². The SMILES string of the molecule is CC(C)COCC(O)CSc1nnc(-c2ccc(F)cc2)n1Cc1ccccc1. The van der Waals surface area contributed by atoms with Crippen molar-refractivity contribution in [2.45, 2.75) is 31.7 Å². The molecule has 3 aromatic rings. The molecule has 7 heteroatoms. The van der Waals surface area contributed by atoms with Crippen LogP contribution in [-0.4, -0.2) is 44.9 Å². The highest BCUT2D eigenvalue weighted by Gasteiger charge is 2.17. The number of halogens is 1. The third-order valence-electron chi connectivity index (χ3n) is 4.17. The van der Waals surface area contributed by atoms with Crippen LogP contribution in [0.2, 0.25) is 0 Å². The Hall–Kier alpha value is -2.22. The largest absolute Gasteiger partial charge is 0.390 e. The summed E-state index contributed by atoms with van der Waals surface area (Å²) < 4.78 is 20.8. The van der Waals surface area contributed by atoms with Crippen LogP contribution in [-0.2, 0) is 11.3 Å². The van der Waals surface area contributed by atoms with Crippen LogP contribution in [0.3, 0.4) is 0 Å². The summed E-state index contributed by atoms with van der Waals surface area (Å²) in [7, 11) is 0. The maximum Gasteiger partial charge on any atom is 0.191 e. The predicted molar refractivity (Wildman–Crippen MR) is 113 cm³/mol. The monoisotopic (exact) mass is 415 g/mol. The van der Waals surface area contributed by atoms with Gasteiger partial charge in [-0.2, -0.15) is 0 Å². The van der Waals surface area contributed by atoms with Gasteiger partial charge in [0.1, 0.15) is 5.82 Å². The summed E-state index contributed by atoms with van der Waals surface area (Å²) in [6, 6.07) is 16.3. The molecule has 0 saturated carbocycles. The van der Waals surface area contributed by atoms with Gasteiger partial charge in [-0.1, -0.05) is 55.9 Å². The van der Waals surface area contributed by atoms with Gasteiger partial charge in [0, 0.05) is 17.9 Å². The Morgan fingerprint density at radius 2 is 1.76 bits per heavy atom. The van der Waals surface area contributed by atoms with E-state index in [4.69, 9.17) is 4.74 Å². The number of hydrogen-bond donors (Lipinski definition) is 1. The van der Waals surface area contributed by atoms with Gasteiger partial charge in [0.25, 0.3) is 0 Å². The molecule has 1 N–H and O–H groups in total. The summed E-state index contributed by atoms with van der Waals surface area (Å²) >= 11 is 1.44. The molecule has 2 aromatic carbocycles. The molecule has 0 amide bonds. The molecular weight excluding hydrogens is 389 g/mol. The zero-order chi connectivity index (χ0) is 20.6. The van der Waals surface area contributed by atoms with Gasteiger partial charge >= 0.3 is 0 Å². The van der Waals surface area contributed by atoms with E-state index in [0.717, 1.165) is 11.1 Å². The number of hydrogen-bond acceptors (Lipinski definition) is 5. The standard InChI is InChI=1S/C22H26FN3O2S/c1-16(2)13-28-14-20(27)15-29-22-25-24-21(18-8-10-19(23)11-9-18)26(22)12-17-6-4-3-5-7-17/h3-11,16,20,27H,12-15H2,1-2H3. The van der Waals surface area contributed by atoms with Crippen LogP contribution in [0.4, 0.5) is 4.39 Å². The van der Waals surface area contributed by atoms with Gasteiger partial charge in [-0.05, 0) is 35.7 Å². The van der Waals surface area contributed by atoms with Crippen molar-refractivity contribution < 1.29 is 14.2 Å². The molecule has 5 nitrogen and oxygen atoms in total. The highest BCUT2D eigenvalue weighted by atomic mass is 32.2. The van der Waals surface area contributed by atoms with E-state index in [1.165, 1.54) is 23.9 Å². The van der Waals surface area contributed by atoms with E-state index in [1.807, 2.05) is 34.9 Å². The molecule has 3 rings (SSSR count). The van der Waals surface area contributed by atoms with Gasteiger partial charge in [0.15, 0.2) is 11.0 Å². The van der Waals surface area contributed by atoms with Crippen molar-refractivity contribution in [2.24, 2.45) is 5.92 Å². The molecule has 0 aliphatic carbocycles. The lowest BCUT2D eigenvalue weighted by Crippen LogP contribution is -2.20. The number of benzene rings is 2. The van der Waals surface area contributed by atoms with Gasteiger partial charge < -0.3 is 9.84 Å². The Bertz CT molecular complexity index is 885. The average molecular weight is 416 g/mol. The lowest BCUT2D eigenvalue weighted by atomic mass is 10.2. The van der Waals surface area contributed by atoms with Crippen LogP contribution in [0.1, 0.15) is 19.4 Å². The Kier molecular flexibility index (Phi) is 7.80. The average Bonchev–Trinajstić information content (AvgIpc) is 3.10. The molecular formula is C22H26FN3O2S. The number of aromatic nitrogens is 3. The quantitative estimate of drug-likeness (QED) is 0.502. The second-order valence-electron chi connectivity index (χ2n) is 7.28. The predicted octanol–water partition coefficient (Wildman–Crippen LogP) is 4.26. The first-order valence-corrected chi connectivity index (χ1v) is 10.6. The van der Waals surface area contributed by atoms with Crippen molar-refractivity contribution in [1.82, 2.24) is 14.8 Å². The molecule has 0 saturated heterocycles. The molecule has 0 fully saturated rings. The molecule has 154 valence electrons. The van der Waals surface area contributed by atoms with E-state index >= 15 is 0 Å². The molecule has 0 radical (unpaired) electrons. The third-order valence-corrected chi connectivity index (χ3v) is 5.28. The van der Waals surface area contributed by atoms with Gasteiger partial charge in [-0.15, -0.1) is 10.2 Å². The zero-order valence-electron chi connectivity index (χ0n) is 16.7. The lowest BCUT2D eigenvalue weighted by molar-refractivity contribution is 0.0364. The van der Waals surface area contributed by atoms with Crippen LogP contribution < -0.4 is 0 Å². The van der Waals surface area contributed by atoms with E-state index in [9.17, 15) is 9.50 Å². The summed E-state index contributed by atoms with van der Waals surface area (Å²) in [6.45, 7) is 5.65. The minimum atomic E-state index is -0.588. The minimum Gasteiger partial charge on any atom is -0.390 e. The molecule has 1 heterocycles. The van der Waals surface area contributed by atoms with E-state index in [2.05, 4.69) is 24.0 Å². The van der Waals surface area contributed by atoms with Crippen molar-refractivity contribution in [3.8, 4) is 11.4 Å². The van der Waals surface area contributed by atoms with Crippen LogP contribution in [0.5, 0.6) is 0 Å². The first kappa shape index (κ1) is 21.5. The highest BCUT2D eigenvalue weighted by molar-refractivity contribution is 7.99. The molecule has 1 atom stereocenters. The number of aliphatic hydroxyl groups excluding tert-OH is 1. The topological polar surface area (TPSA) is 60.2 Å². The minimum absolute atomic E-state index is 0.290. The van der Waals surface area contributed by atoms with Crippen molar-refractivity contribution in [3.05, 3.63) is 66.0 Å². The first-order chi connectivity index (χ1) is 14.0. The summed E-state index contributed by atoms with van der Waals surface area (Å²) in [5, 5.41) is 19.6. The van der Waals surface area contributed by atoms with Gasteiger partial charge in [0.2, 0.25) is 0 Å². The molecule has 0 aliphatic heterocycles. The molecule has 0 bridgehead atoms. The van der Waals surface area contributed by atoms with Crippen molar-refractivity contribution in [1.29, 1.82) is 0 Å². The van der Waals surface area contributed by atoms with Crippen LogP contribution in [0.25, 0.3) is 11.4 Å². The second-order valence-corrected chi connectivity index (χ2v) is 8.27. The number of thioether (sulfide) groups is 1. The second kappa shape index (κ2) is 10.5. The fourth-order valence-electron chi connectivity index (χ4n) is 2.78. The van der Waals surface area contributed by atoms with Crippen molar-refractivity contribution >= 4 is 11.8 Å². The van der Waals surface area contributed by atoms with Crippen LogP contribution in [0.15, 0.2) is 59.8 Å². The van der Waals surface area contributed by atoms with E-state index in [0.29, 0.717) is 42.4 Å². The number of nitrogens with zero attached hydrogens (tertiary/aromatic N) is 3. The van der Waals surface area contributed by atoms with Gasteiger partial charge in [-0.3, -0.25) is 4.57 Å². The summed E-state index contributed by atoms with van der Waals surface area (Å²) in [6.07, 6.45) is -0.588. The van der Waals surface area contributed by atoms with Crippen LogP contribution in [0, 0.1) is 11.7 Å². The van der Waals surface area contributed by atoms with Gasteiger partial charge in [0.05, 0.1) is 19.3 Å². The Morgan fingerprint density at radius 1 is 1.03 bits per heavy atom. The first-order valence-electron chi connectivity index (χ1n) is 9.64. The molecule has 1 aromatic heterocycles. The van der Waals surface area contributed by atoms with Crippen molar-refractivity contribution in [2.75, 3.05) is 19.0 Å². The number of rotatable bonds is 10. The summed E-state index contributed by atoms with van der Waals surface area (Å²) in [4.78, 5) is 0. The normalized spacial score (nSPS) is 12.4. The van der Waals surface area contributed by atoms with E-state index in [1.54, 1.807) is 12.1 Å². The maximum absolute atomic E-state index is 13.3. The van der Waals surface area contributed by atoms with E-state index < -0.39 is 6.10 Å². The summed E-state index contributed by atoms with van der Waals surface area (Å²) in [5.74, 6) is 1.26. The maximum atomic E-state index is 13.3. The Balaban J connectivity index is 1.76. The number of ether oxygens (including phenoxy) is 1. The molecule has 0 spiro atoms.